The van der Waals surface area contributed by atoms with Crippen LogP contribution in [0.15, 0.2) is 58.7 Å². The molecule has 168 valence electrons. The number of nitrogens with zero attached hydrogens (tertiary/aromatic N) is 4. The van der Waals surface area contributed by atoms with E-state index in [4.69, 9.17) is 0 Å². The van der Waals surface area contributed by atoms with Gasteiger partial charge < -0.3 is 9.47 Å². The number of rotatable bonds is 4. The van der Waals surface area contributed by atoms with Gasteiger partial charge in [0.25, 0.3) is 5.91 Å². The van der Waals surface area contributed by atoms with Crippen LogP contribution in [0.3, 0.4) is 0 Å². The maximum absolute atomic E-state index is 12.3. The van der Waals surface area contributed by atoms with Gasteiger partial charge in [0, 0.05) is 54.9 Å². The fourth-order valence-electron chi connectivity index (χ4n) is 4.39. The van der Waals surface area contributed by atoms with E-state index in [1.165, 1.54) is 21.7 Å². The van der Waals surface area contributed by atoms with Crippen molar-refractivity contribution < 1.29 is 4.79 Å². The summed E-state index contributed by atoms with van der Waals surface area (Å²) in [4.78, 5) is 18.3. The molecule has 5 nitrogen and oxygen atoms in total. The number of hydrogen-bond donors (Lipinski definition) is 0. The van der Waals surface area contributed by atoms with E-state index in [1.54, 1.807) is 20.2 Å². The van der Waals surface area contributed by atoms with E-state index in [1.807, 2.05) is 24.4 Å². The summed E-state index contributed by atoms with van der Waals surface area (Å²) >= 11 is 3.62. The fourth-order valence-corrected chi connectivity index (χ4v) is 4.80. The minimum absolute atomic E-state index is 0.0892. The van der Waals surface area contributed by atoms with Gasteiger partial charge >= 0.3 is 0 Å². The van der Waals surface area contributed by atoms with Crippen molar-refractivity contribution in [2.45, 2.75) is 32.1 Å². The molecule has 3 aromatic rings. The first-order valence-corrected chi connectivity index (χ1v) is 11.9. The molecule has 6 heteroatoms. The number of aryl methyl sites for hydroxylation is 1. The van der Waals surface area contributed by atoms with Gasteiger partial charge in [0.1, 0.15) is 5.65 Å². The Morgan fingerprint density at radius 2 is 2.09 bits per heavy atom. The van der Waals surface area contributed by atoms with Gasteiger partial charge in [-0.2, -0.15) is 5.26 Å². The summed E-state index contributed by atoms with van der Waals surface area (Å²) in [6.45, 7) is 0. The zero-order valence-corrected chi connectivity index (χ0v) is 20.8. The highest BCUT2D eigenvalue weighted by Crippen LogP contribution is 2.31. The van der Waals surface area contributed by atoms with Crippen molar-refractivity contribution in [2.75, 3.05) is 14.1 Å². The second-order valence-corrected chi connectivity index (χ2v) is 9.50. The molecule has 0 atom stereocenters. The van der Waals surface area contributed by atoms with Crippen LogP contribution in [0.2, 0.25) is 0 Å². The summed E-state index contributed by atoms with van der Waals surface area (Å²) in [5.41, 5.74) is 6.89. The van der Waals surface area contributed by atoms with Gasteiger partial charge in [-0.05, 0) is 77.0 Å². The Morgan fingerprint density at radius 1 is 1.27 bits per heavy atom. The Hall–Kier alpha value is -3.17. The predicted molar refractivity (Wildman–Crippen MR) is 136 cm³/mol. The Balaban J connectivity index is 1.55. The van der Waals surface area contributed by atoms with Gasteiger partial charge in [-0.3, -0.25) is 4.79 Å². The number of allylic oxidation sites excluding steroid dienone is 4. The van der Waals surface area contributed by atoms with Gasteiger partial charge in [-0.25, -0.2) is 4.98 Å². The van der Waals surface area contributed by atoms with Crippen molar-refractivity contribution in [2.24, 2.45) is 7.05 Å². The lowest BCUT2D eigenvalue weighted by atomic mass is 9.95. The average molecular weight is 503 g/mol. The number of aromatic nitrogens is 2. The third kappa shape index (κ3) is 4.79. The lowest BCUT2D eigenvalue weighted by molar-refractivity contribution is 0.0827. The number of nitriles is 1. The highest BCUT2D eigenvalue weighted by Gasteiger charge is 2.16. The third-order valence-corrected chi connectivity index (χ3v) is 6.96. The standard InChI is InChI=1S/C27H27BrN4O/c1-31(2)27(33)20-10-12-23(21(15-20)17-29)19-6-4-5-18(7-9-19)8-11-22-16-24-25(28)13-14-30-26(24)32(22)3/h8-10,12-16H,4-7,11H2,1-3H3/b18-8-. The topological polar surface area (TPSA) is 61.9 Å². The van der Waals surface area contributed by atoms with Crippen LogP contribution >= 0.6 is 15.9 Å². The lowest BCUT2D eigenvalue weighted by Gasteiger charge is -2.13. The fraction of sp³-hybridized carbons (Fsp3) is 0.296. The van der Waals surface area contributed by atoms with E-state index in [2.05, 4.69) is 56.8 Å². The van der Waals surface area contributed by atoms with Crippen LogP contribution in [0, 0.1) is 11.3 Å². The van der Waals surface area contributed by atoms with E-state index in [-0.39, 0.29) is 5.91 Å². The number of benzene rings is 1. The van der Waals surface area contributed by atoms with Crippen molar-refractivity contribution in [1.82, 2.24) is 14.5 Å². The summed E-state index contributed by atoms with van der Waals surface area (Å²) in [5.74, 6) is -0.0892. The number of carbonyl (C=O) groups is 1. The number of amides is 1. The van der Waals surface area contributed by atoms with Crippen molar-refractivity contribution in [1.29, 1.82) is 5.26 Å². The van der Waals surface area contributed by atoms with Crippen LogP contribution < -0.4 is 0 Å². The number of halogens is 1. The van der Waals surface area contributed by atoms with Crippen LogP contribution in [0.5, 0.6) is 0 Å². The zero-order chi connectivity index (χ0) is 23.5. The molecule has 0 saturated heterocycles. The van der Waals surface area contributed by atoms with Crippen molar-refractivity contribution in [3.05, 3.63) is 81.1 Å². The Kier molecular flexibility index (Phi) is 6.80. The largest absolute Gasteiger partial charge is 0.345 e. The molecule has 0 spiro atoms. The van der Waals surface area contributed by atoms with Crippen molar-refractivity contribution in [3.63, 3.8) is 0 Å². The van der Waals surface area contributed by atoms with E-state index in [0.717, 1.165) is 53.2 Å². The van der Waals surface area contributed by atoms with Crippen LogP contribution in [0.25, 0.3) is 16.6 Å². The second kappa shape index (κ2) is 9.76. The molecular weight excluding hydrogens is 476 g/mol. The van der Waals surface area contributed by atoms with Crippen LogP contribution in [0.1, 0.15) is 52.9 Å². The van der Waals surface area contributed by atoms with E-state index < -0.39 is 0 Å². The molecule has 0 saturated carbocycles. The quantitative estimate of drug-likeness (QED) is 0.408. The molecular formula is C27H27BrN4O. The van der Waals surface area contributed by atoms with Crippen LogP contribution in [-0.4, -0.2) is 34.5 Å². The molecule has 1 aromatic carbocycles. The average Bonchev–Trinajstić information content (AvgIpc) is 2.98. The molecule has 0 unspecified atom stereocenters. The van der Waals surface area contributed by atoms with Gasteiger partial charge in [0.15, 0.2) is 0 Å². The summed E-state index contributed by atoms with van der Waals surface area (Å²) in [6.07, 6.45) is 11.2. The Labute approximate surface area is 203 Å². The Bertz CT molecular complexity index is 1320. The lowest BCUT2D eigenvalue weighted by Crippen LogP contribution is -2.21. The summed E-state index contributed by atoms with van der Waals surface area (Å²) in [5, 5.41) is 10.8. The first kappa shape index (κ1) is 23.0. The van der Waals surface area contributed by atoms with Crippen LogP contribution in [-0.2, 0) is 13.5 Å². The first-order chi connectivity index (χ1) is 15.9. The van der Waals surface area contributed by atoms with Gasteiger partial charge in [0.05, 0.1) is 11.6 Å². The maximum atomic E-state index is 12.3. The highest BCUT2D eigenvalue weighted by atomic mass is 79.9. The minimum Gasteiger partial charge on any atom is -0.345 e. The molecule has 1 aliphatic carbocycles. The molecule has 0 fully saturated rings. The molecule has 2 heterocycles. The van der Waals surface area contributed by atoms with Crippen LogP contribution in [0.4, 0.5) is 0 Å². The monoisotopic (exact) mass is 502 g/mol. The van der Waals surface area contributed by atoms with Gasteiger partial charge in [0.2, 0.25) is 0 Å². The molecule has 0 aliphatic heterocycles. The zero-order valence-electron chi connectivity index (χ0n) is 19.2. The van der Waals surface area contributed by atoms with E-state index in [0.29, 0.717) is 11.1 Å². The normalized spacial score (nSPS) is 15.2. The van der Waals surface area contributed by atoms with E-state index >= 15 is 0 Å². The van der Waals surface area contributed by atoms with E-state index in [9.17, 15) is 10.1 Å². The first-order valence-electron chi connectivity index (χ1n) is 11.1. The smallest absolute Gasteiger partial charge is 0.253 e. The SMILES string of the molecule is CN(C)C(=O)c1ccc(C2=CC/C(=C\Cc3cc4c(Br)ccnc4n3C)CCC2)c(C#N)c1. The molecule has 1 aliphatic rings. The summed E-state index contributed by atoms with van der Waals surface area (Å²) < 4.78 is 3.22. The number of carbonyl (C=O) groups excluding carboxylic acids is 1. The van der Waals surface area contributed by atoms with Gasteiger partial charge in [-0.1, -0.05) is 23.8 Å². The molecule has 0 radical (unpaired) electrons. The molecule has 0 bridgehead atoms. The predicted octanol–water partition coefficient (Wildman–Crippen LogP) is 6.04. The number of pyridine rings is 1. The summed E-state index contributed by atoms with van der Waals surface area (Å²) in [6, 6.07) is 11.9. The number of fused-ring (bicyclic) bond motifs is 1. The molecule has 0 N–H and O–H groups in total. The van der Waals surface area contributed by atoms with Crippen molar-refractivity contribution in [3.8, 4) is 6.07 Å². The molecule has 4 rings (SSSR count). The summed E-state index contributed by atoms with van der Waals surface area (Å²) in [7, 11) is 5.50. The molecule has 33 heavy (non-hydrogen) atoms. The molecule has 1 amide bonds. The minimum atomic E-state index is -0.0892. The molecule has 2 aromatic heterocycles. The number of hydrogen-bond acceptors (Lipinski definition) is 3. The maximum Gasteiger partial charge on any atom is 0.253 e. The highest BCUT2D eigenvalue weighted by molar-refractivity contribution is 9.10. The third-order valence-electron chi connectivity index (χ3n) is 6.27. The van der Waals surface area contributed by atoms with Crippen molar-refractivity contribution >= 4 is 38.4 Å². The second-order valence-electron chi connectivity index (χ2n) is 8.65. The Morgan fingerprint density at radius 3 is 2.82 bits per heavy atom. The van der Waals surface area contributed by atoms with Gasteiger partial charge in [-0.15, -0.1) is 0 Å².